The van der Waals surface area contributed by atoms with E-state index in [9.17, 15) is 18.0 Å². The summed E-state index contributed by atoms with van der Waals surface area (Å²) in [6.45, 7) is 2.64. The molecule has 2 unspecified atom stereocenters. The molecule has 0 radical (unpaired) electrons. The largest absolute Gasteiger partial charge is 0.393 e. The van der Waals surface area contributed by atoms with Gasteiger partial charge in [0.25, 0.3) is 0 Å². The lowest BCUT2D eigenvalue weighted by atomic mass is 9.88. The highest BCUT2D eigenvalue weighted by molar-refractivity contribution is 5.81. The van der Waals surface area contributed by atoms with Crippen molar-refractivity contribution < 1.29 is 18.0 Å². The Morgan fingerprint density at radius 2 is 1.95 bits per heavy atom. The highest BCUT2D eigenvalue weighted by Gasteiger charge is 2.42. The molecule has 1 saturated carbocycles. The molecule has 0 spiro atoms. The molecule has 2 rings (SSSR count). The molecule has 1 saturated heterocycles. The summed E-state index contributed by atoms with van der Waals surface area (Å²) in [5.41, 5.74) is 0.166. The maximum atomic E-state index is 12.5. The van der Waals surface area contributed by atoms with Crippen LogP contribution < -0.4 is 10.6 Å². The first-order valence-electron chi connectivity index (χ1n) is 7.38. The number of carbonyl (C=O) groups excluding carboxylic acids is 1. The quantitative estimate of drug-likeness (QED) is 0.839. The summed E-state index contributed by atoms with van der Waals surface area (Å²) in [6.07, 6.45) is 0.746. The molecule has 1 amide bonds. The van der Waals surface area contributed by atoms with E-state index < -0.39 is 18.1 Å². The van der Waals surface area contributed by atoms with Gasteiger partial charge in [0.15, 0.2) is 0 Å². The van der Waals surface area contributed by atoms with Gasteiger partial charge < -0.3 is 10.6 Å². The first-order valence-corrected chi connectivity index (χ1v) is 7.38. The molecule has 20 heavy (non-hydrogen) atoms. The molecule has 0 aromatic heterocycles. The average Bonchev–Trinajstić information content (AvgIpc) is 2.83. The van der Waals surface area contributed by atoms with Gasteiger partial charge in [-0.05, 0) is 31.1 Å². The van der Waals surface area contributed by atoms with Crippen molar-refractivity contribution in [2.75, 3.05) is 13.1 Å². The fourth-order valence-electron chi connectivity index (χ4n) is 3.19. The summed E-state index contributed by atoms with van der Waals surface area (Å²) >= 11 is 0. The fraction of sp³-hybridized carbons (Fsp3) is 0.929. The molecule has 0 aromatic rings. The molecular weight excluding hydrogens is 269 g/mol. The van der Waals surface area contributed by atoms with Gasteiger partial charge in [-0.3, -0.25) is 4.79 Å². The van der Waals surface area contributed by atoms with E-state index >= 15 is 0 Å². The Kier molecular flexibility index (Phi) is 4.62. The van der Waals surface area contributed by atoms with Crippen molar-refractivity contribution in [2.45, 2.75) is 57.7 Å². The van der Waals surface area contributed by atoms with Crippen LogP contribution in [0.25, 0.3) is 0 Å². The van der Waals surface area contributed by atoms with Crippen molar-refractivity contribution >= 4 is 5.91 Å². The van der Waals surface area contributed by atoms with Gasteiger partial charge in [0.2, 0.25) is 5.91 Å². The Labute approximate surface area is 117 Å². The SMILES string of the molecule is CC1(CNC(=O)C2CCC(C(F)(F)F)CN2)CCCC1. The minimum absolute atomic E-state index is 0.0336. The Morgan fingerprint density at radius 1 is 1.30 bits per heavy atom. The molecule has 2 aliphatic rings. The maximum Gasteiger partial charge on any atom is 0.393 e. The molecule has 116 valence electrons. The molecule has 3 nitrogen and oxygen atoms in total. The van der Waals surface area contributed by atoms with Gasteiger partial charge in [0.05, 0.1) is 12.0 Å². The van der Waals surface area contributed by atoms with Crippen molar-refractivity contribution in [1.82, 2.24) is 10.6 Å². The van der Waals surface area contributed by atoms with Crippen LogP contribution in [0.2, 0.25) is 0 Å². The fourth-order valence-corrected chi connectivity index (χ4v) is 3.19. The van der Waals surface area contributed by atoms with Crippen LogP contribution in [0.3, 0.4) is 0 Å². The predicted molar refractivity (Wildman–Crippen MR) is 70.2 cm³/mol. The van der Waals surface area contributed by atoms with Gasteiger partial charge in [-0.15, -0.1) is 0 Å². The Bertz CT molecular complexity index is 343. The zero-order chi connectivity index (χ0) is 14.8. The second-order valence-electron chi connectivity index (χ2n) is 6.51. The van der Waals surface area contributed by atoms with Crippen LogP contribution in [-0.4, -0.2) is 31.2 Å². The van der Waals surface area contributed by atoms with Crippen molar-refractivity contribution in [3.8, 4) is 0 Å². The van der Waals surface area contributed by atoms with Crippen LogP contribution in [0, 0.1) is 11.3 Å². The number of amides is 1. The maximum absolute atomic E-state index is 12.5. The van der Waals surface area contributed by atoms with Crippen molar-refractivity contribution in [1.29, 1.82) is 0 Å². The van der Waals surface area contributed by atoms with E-state index in [1.165, 1.54) is 12.8 Å². The lowest BCUT2D eigenvalue weighted by Gasteiger charge is -2.31. The number of nitrogens with one attached hydrogen (secondary N) is 2. The topological polar surface area (TPSA) is 41.1 Å². The van der Waals surface area contributed by atoms with Crippen LogP contribution in [-0.2, 0) is 4.79 Å². The molecule has 6 heteroatoms. The number of rotatable bonds is 3. The zero-order valence-corrected chi connectivity index (χ0v) is 11.9. The van der Waals surface area contributed by atoms with Crippen molar-refractivity contribution in [2.24, 2.45) is 11.3 Å². The number of carbonyl (C=O) groups is 1. The Morgan fingerprint density at radius 3 is 2.45 bits per heavy atom. The summed E-state index contributed by atoms with van der Waals surface area (Å²) in [5.74, 6) is -1.47. The molecular formula is C14H23F3N2O. The number of hydrogen-bond acceptors (Lipinski definition) is 2. The highest BCUT2D eigenvalue weighted by atomic mass is 19.4. The van der Waals surface area contributed by atoms with Gasteiger partial charge in [0.1, 0.15) is 0 Å². The predicted octanol–water partition coefficient (Wildman–Crippen LogP) is 2.61. The van der Waals surface area contributed by atoms with E-state index in [0.717, 1.165) is 12.8 Å². The lowest BCUT2D eigenvalue weighted by molar-refractivity contribution is -0.180. The molecule has 1 aliphatic carbocycles. The smallest absolute Gasteiger partial charge is 0.354 e. The van der Waals surface area contributed by atoms with Gasteiger partial charge in [0, 0.05) is 13.1 Å². The summed E-state index contributed by atoms with van der Waals surface area (Å²) in [5, 5.41) is 5.64. The van der Waals surface area contributed by atoms with Crippen LogP contribution >= 0.6 is 0 Å². The number of alkyl halides is 3. The lowest BCUT2D eigenvalue weighted by Crippen LogP contribution is -2.52. The van der Waals surface area contributed by atoms with Gasteiger partial charge in [-0.25, -0.2) is 0 Å². The third-order valence-corrected chi connectivity index (χ3v) is 4.69. The van der Waals surface area contributed by atoms with Gasteiger partial charge >= 0.3 is 6.18 Å². The van der Waals surface area contributed by atoms with Crippen LogP contribution in [0.4, 0.5) is 13.2 Å². The molecule has 0 bridgehead atoms. The van der Waals surface area contributed by atoms with E-state index in [1.54, 1.807) is 0 Å². The summed E-state index contributed by atoms with van der Waals surface area (Å²) in [6, 6.07) is -0.474. The number of piperidine rings is 1. The average molecular weight is 292 g/mol. The van der Waals surface area contributed by atoms with E-state index in [4.69, 9.17) is 0 Å². The van der Waals surface area contributed by atoms with E-state index in [1.807, 2.05) is 0 Å². The van der Waals surface area contributed by atoms with E-state index in [-0.39, 0.29) is 30.7 Å². The Balaban J connectivity index is 1.75. The first kappa shape index (κ1) is 15.6. The second kappa shape index (κ2) is 5.92. The van der Waals surface area contributed by atoms with Crippen LogP contribution in [0.15, 0.2) is 0 Å². The third kappa shape index (κ3) is 3.87. The molecule has 1 heterocycles. The number of hydrogen-bond donors (Lipinski definition) is 2. The molecule has 2 atom stereocenters. The minimum Gasteiger partial charge on any atom is -0.354 e. The molecule has 0 aromatic carbocycles. The normalized spacial score (nSPS) is 30.2. The monoisotopic (exact) mass is 292 g/mol. The van der Waals surface area contributed by atoms with Crippen molar-refractivity contribution in [3.63, 3.8) is 0 Å². The van der Waals surface area contributed by atoms with Crippen LogP contribution in [0.5, 0.6) is 0 Å². The second-order valence-corrected chi connectivity index (χ2v) is 6.51. The summed E-state index contributed by atoms with van der Waals surface area (Å²) in [7, 11) is 0. The Hall–Kier alpha value is -0.780. The highest BCUT2D eigenvalue weighted by Crippen LogP contribution is 2.37. The minimum atomic E-state index is -4.16. The van der Waals surface area contributed by atoms with E-state index in [0.29, 0.717) is 6.54 Å². The van der Waals surface area contributed by atoms with E-state index in [2.05, 4.69) is 17.6 Å². The van der Waals surface area contributed by atoms with Gasteiger partial charge in [-0.1, -0.05) is 19.8 Å². The van der Waals surface area contributed by atoms with Crippen molar-refractivity contribution in [3.05, 3.63) is 0 Å². The zero-order valence-electron chi connectivity index (χ0n) is 11.9. The first-order chi connectivity index (χ1) is 9.30. The summed E-state index contributed by atoms with van der Waals surface area (Å²) in [4.78, 5) is 12.0. The molecule has 2 N–H and O–H groups in total. The van der Waals surface area contributed by atoms with Gasteiger partial charge in [-0.2, -0.15) is 13.2 Å². The molecule has 1 aliphatic heterocycles. The van der Waals surface area contributed by atoms with Crippen LogP contribution in [0.1, 0.15) is 45.4 Å². The number of halogens is 3. The molecule has 2 fully saturated rings. The standard InChI is InChI=1S/C14H23F3N2O/c1-13(6-2-3-7-13)9-19-12(20)11-5-4-10(8-18-11)14(15,16)17/h10-11,18H,2-9H2,1H3,(H,19,20). The third-order valence-electron chi connectivity index (χ3n) is 4.69. The summed E-state index contributed by atoms with van der Waals surface area (Å²) < 4.78 is 37.6.